The van der Waals surface area contributed by atoms with Crippen LogP contribution in [-0.4, -0.2) is 30.4 Å². The van der Waals surface area contributed by atoms with Crippen LogP contribution in [0.4, 0.5) is 5.69 Å². The van der Waals surface area contributed by atoms with Gasteiger partial charge in [0.1, 0.15) is 5.54 Å². The second-order valence-corrected chi connectivity index (χ2v) is 8.31. The van der Waals surface area contributed by atoms with Crippen LogP contribution in [0.3, 0.4) is 0 Å². The lowest BCUT2D eigenvalue weighted by Gasteiger charge is -2.33. The first kappa shape index (κ1) is 18.3. The number of methoxy groups -OCH3 is 1. The van der Waals surface area contributed by atoms with E-state index in [-0.39, 0.29) is 11.8 Å². The van der Waals surface area contributed by atoms with Crippen molar-refractivity contribution in [2.75, 3.05) is 12.0 Å². The SMILES string of the molecule is COC(=O)[C@]12CC[C@@](c3ccc(Cl)cc3)(N1)C1C(=O)N(c3ccccc3)C(=O)C12. The molecular weight excluding hydrogens is 392 g/mol. The van der Waals surface area contributed by atoms with Crippen molar-refractivity contribution in [1.29, 1.82) is 0 Å². The van der Waals surface area contributed by atoms with Crippen molar-refractivity contribution < 1.29 is 19.1 Å². The second kappa shape index (κ2) is 6.15. The summed E-state index contributed by atoms with van der Waals surface area (Å²) in [4.78, 5) is 41.1. The van der Waals surface area contributed by atoms with Crippen molar-refractivity contribution in [2.24, 2.45) is 11.8 Å². The number of hydrogen-bond acceptors (Lipinski definition) is 5. The summed E-state index contributed by atoms with van der Waals surface area (Å²) < 4.78 is 5.08. The Bertz CT molecular complexity index is 1020. The third-order valence-electron chi connectivity index (χ3n) is 6.65. The maximum absolute atomic E-state index is 13.6. The highest BCUT2D eigenvalue weighted by Gasteiger charge is 2.77. The standard InChI is InChI=1S/C22H19ClN2O4/c1-29-20(28)22-12-11-21(24-22,13-7-9-14(23)10-8-13)16-17(22)19(27)25(18(16)26)15-5-3-2-4-6-15/h2-10,16-17,24H,11-12H2,1H3/t16?,17?,21-,22+/m0/s1. The summed E-state index contributed by atoms with van der Waals surface area (Å²) in [6.45, 7) is 0. The minimum absolute atomic E-state index is 0.292. The van der Waals surface area contributed by atoms with E-state index in [0.29, 0.717) is 23.6 Å². The zero-order valence-electron chi connectivity index (χ0n) is 15.7. The zero-order chi connectivity index (χ0) is 20.4. The summed E-state index contributed by atoms with van der Waals surface area (Å²) in [5, 5.41) is 3.97. The molecule has 3 saturated heterocycles. The third-order valence-corrected chi connectivity index (χ3v) is 6.90. The molecule has 0 radical (unpaired) electrons. The molecule has 0 aliphatic carbocycles. The second-order valence-electron chi connectivity index (χ2n) is 7.87. The number of para-hydroxylation sites is 1. The Hall–Kier alpha value is -2.70. The van der Waals surface area contributed by atoms with Crippen molar-refractivity contribution in [2.45, 2.75) is 23.9 Å². The van der Waals surface area contributed by atoms with Crippen LogP contribution in [0.5, 0.6) is 0 Å². The van der Waals surface area contributed by atoms with Gasteiger partial charge in [-0.3, -0.25) is 19.7 Å². The van der Waals surface area contributed by atoms with Crippen LogP contribution in [-0.2, 0) is 24.7 Å². The van der Waals surface area contributed by atoms with Crippen LogP contribution in [0.2, 0.25) is 5.02 Å². The van der Waals surface area contributed by atoms with Gasteiger partial charge in [0.25, 0.3) is 0 Å². The highest BCUT2D eigenvalue weighted by atomic mass is 35.5. The molecule has 2 aromatic carbocycles. The highest BCUT2D eigenvalue weighted by Crippen LogP contribution is 2.61. The van der Waals surface area contributed by atoms with Crippen LogP contribution in [0.25, 0.3) is 0 Å². The molecule has 1 N–H and O–H groups in total. The molecule has 0 aromatic heterocycles. The Morgan fingerprint density at radius 2 is 1.69 bits per heavy atom. The number of fused-ring (bicyclic) bond motifs is 5. The first-order chi connectivity index (χ1) is 13.9. The van der Waals surface area contributed by atoms with Gasteiger partial charge in [-0.25, -0.2) is 4.90 Å². The van der Waals surface area contributed by atoms with Crippen LogP contribution >= 0.6 is 11.6 Å². The maximum Gasteiger partial charge on any atom is 0.326 e. The molecule has 2 aromatic rings. The van der Waals surface area contributed by atoms with Crippen molar-refractivity contribution in [3.8, 4) is 0 Å². The van der Waals surface area contributed by atoms with Crippen molar-refractivity contribution in [1.82, 2.24) is 5.32 Å². The summed E-state index contributed by atoms with van der Waals surface area (Å²) in [5.74, 6) is -2.66. The Balaban J connectivity index is 1.69. The van der Waals surface area contributed by atoms with E-state index in [2.05, 4.69) is 5.32 Å². The monoisotopic (exact) mass is 410 g/mol. The smallest absolute Gasteiger partial charge is 0.326 e. The van der Waals surface area contributed by atoms with Gasteiger partial charge >= 0.3 is 5.97 Å². The summed E-state index contributed by atoms with van der Waals surface area (Å²) in [6, 6.07) is 16.1. The van der Waals surface area contributed by atoms with Crippen molar-refractivity contribution >= 4 is 35.1 Å². The van der Waals surface area contributed by atoms with E-state index in [9.17, 15) is 14.4 Å². The lowest BCUT2D eigenvalue weighted by molar-refractivity contribution is -0.152. The Kier molecular flexibility index (Phi) is 3.89. The van der Waals surface area contributed by atoms with E-state index in [4.69, 9.17) is 16.3 Å². The third kappa shape index (κ3) is 2.24. The normalized spacial score (nSPS) is 32.6. The molecule has 0 spiro atoms. The molecule has 29 heavy (non-hydrogen) atoms. The number of carbonyl (C=O) groups is 3. The average molecular weight is 411 g/mol. The van der Waals surface area contributed by atoms with Gasteiger partial charge < -0.3 is 4.74 Å². The van der Waals surface area contributed by atoms with E-state index in [1.165, 1.54) is 12.0 Å². The molecule has 3 heterocycles. The van der Waals surface area contributed by atoms with Crippen molar-refractivity contribution in [3.63, 3.8) is 0 Å². The van der Waals surface area contributed by atoms with Gasteiger partial charge in [-0.15, -0.1) is 0 Å². The van der Waals surface area contributed by atoms with Gasteiger partial charge in [-0.1, -0.05) is 41.9 Å². The number of nitrogens with one attached hydrogen (secondary N) is 1. The molecule has 3 fully saturated rings. The number of amides is 2. The van der Waals surface area contributed by atoms with Crippen LogP contribution in [0, 0.1) is 11.8 Å². The summed E-state index contributed by atoms with van der Waals surface area (Å²) in [6.07, 6.45) is 0.970. The minimum Gasteiger partial charge on any atom is -0.468 e. The van der Waals surface area contributed by atoms with Gasteiger partial charge in [0.15, 0.2) is 0 Å². The quantitative estimate of drug-likeness (QED) is 0.622. The molecule has 4 atom stereocenters. The Morgan fingerprint density at radius 3 is 2.34 bits per heavy atom. The van der Waals surface area contributed by atoms with Gasteiger partial charge in [-0.05, 0) is 42.7 Å². The number of hydrogen-bond donors (Lipinski definition) is 1. The van der Waals surface area contributed by atoms with Crippen LogP contribution < -0.4 is 10.2 Å². The molecule has 2 bridgehead atoms. The number of esters is 1. The number of nitrogens with zero attached hydrogens (tertiary/aromatic N) is 1. The minimum atomic E-state index is -1.21. The van der Waals surface area contributed by atoms with Gasteiger partial charge in [0.05, 0.1) is 30.2 Å². The molecule has 6 nitrogen and oxygen atoms in total. The first-order valence-electron chi connectivity index (χ1n) is 9.51. The molecule has 148 valence electrons. The first-order valence-corrected chi connectivity index (χ1v) is 9.89. The fourth-order valence-electron chi connectivity index (χ4n) is 5.48. The Labute approximate surface area is 172 Å². The highest BCUT2D eigenvalue weighted by molar-refractivity contribution is 6.30. The van der Waals surface area contributed by atoms with Gasteiger partial charge in [-0.2, -0.15) is 0 Å². The number of carbonyl (C=O) groups excluding carboxylic acids is 3. The fraction of sp³-hybridized carbons (Fsp3) is 0.318. The van der Waals surface area contributed by atoms with E-state index >= 15 is 0 Å². The van der Waals surface area contributed by atoms with Crippen molar-refractivity contribution in [3.05, 3.63) is 65.2 Å². The Morgan fingerprint density at radius 1 is 1.03 bits per heavy atom. The summed E-state index contributed by atoms with van der Waals surface area (Å²) in [7, 11) is 1.31. The lowest BCUT2D eigenvalue weighted by atomic mass is 9.65. The average Bonchev–Trinajstić information content (AvgIpc) is 3.37. The number of rotatable bonds is 3. The number of ether oxygens (including phenoxy) is 1. The molecule has 3 aliphatic heterocycles. The lowest BCUT2D eigenvalue weighted by Crippen LogP contribution is -2.54. The fourth-order valence-corrected chi connectivity index (χ4v) is 5.61. The molecule has 0 saturated carbocycles. The molecular formula is C22H19ClN2O4. The van der Waals surface area contributed by atoms with Crippen LogP contribution in [0.15, 0.2) is 54.6 Å². The van der Waals surface area contributed by atoms with Gasteiger partial charge in [0.2, 0.25) is 11.8 Å². The summed E-state index contributed by atoms with van der Waals surface area (Å²) >= 11 is 6.06. The topological polar surface area (TPSA) is 75.7 Å². The van der Waals surface area contributed by atoms with E-state index in [0.717, 1.165) is 5.56 Å². The van der Waals surface area contributed by atoms with E-state index in [1.54, 1.807) is 36.4 Å². The van der Waals surface area contributed by atoms with E-state index in [1.807, 2.05) is 18.2 Å². The molecule has 3 aliphatic rings. The number of benzene rings is 2. The predicted octanol–water partition coefficient (Wildman–Crippen LogP) is 2.65. The predicted molar refractivity (Wildman–Crippen MR) is 106 cm³/mol. The number of halogens is 1. The molecule has 2 unspecified atom stereocenters. The number of anilines is 1. The summed E-state index contributed by atoms with van der Waals surface area (Å²) in [5.41, 5.74) is -0.673. The molecule has 2 amide bonds. The number of imide groups is 1. The van der Waals surface area contributed by atoms with E-state index < -0.39 is 28.9 Å². The van der Waals surface area contributed by atoms with Gasteiger partial charge in [0, 0.05) is 5.02 Å². The largest absolute Gasteiger partial charge is 0.468 e. The van der Waals surface area contributed by atoms with Crippen LogP contribution in [0.1, 0.15) is 18.4 Å². The molecule has 5 rings (SSSR count). The zero-order valence-corrected chi connectivity index (χ0v) is 16.5. The molecule has 7 heteroatoms. The maximum atomic E-state index is 13.6.